The lowest BCUT2D eigenvalue weighted by molar-refractivity contribution is 0.131. The summed E-state index contributed by atoms with van der Waals surface area (Å²) in [6.45, 7) is 8.65. The van der Waals surface area contributed by atoms with Crippen LogP contribution in [0.15, 0.2) is 34.9 Å². The van der Waals surface area contributed by atoms with E-state index in [1.54, 1.807) is 6.26 Å². The molecule has 0 saturated carbocycles. The van der Waals surface area contributed by atoms with Crippen LogP contribution in [-0.2, 0) is 6.54 Å². The van der Waals surface area contributed by atoms with Crippen LogP contribution in [0.25, 0.3) is 11.5 Å². The van der Waals surface area contributed by atoms with Gasteiger partial charge in [-0.2, -0.15) is 0 Å². The van der Waals surface area contributed by atoms with Gasteiger partial charge in [0.2, 0.25) is 5.89 Å². The molecule has 1 aliphatic rings. The second kappa shape index (κ2) is 6.60. The number of oxazole rings is 1. The first-order valence-corrected chi connectivity index (χ1v) is 7.77. The maximum Gasteiger partial charge on any atom is 0.226 e. The molecular formula is C16H20ClN3O. The highest BCUT2D eigenvalue weighted by atomic mass is 35.5. The molecule has 1 aromatic heterocycles. The van der Waals surface area contributed by atoms with Gasteiger partial charge in [-0.15, -0.1) is 0 Å². The highest BCUT2D eigenvalue weighted by Gasteiger charge is 2.17. The molecule has 0 radical (unpaired) electrons. The average molecular weight is 306 g/mol. The fourth-order valence-corrected chi connectivity index (χ4v) is 2.82. The van der Waals surface area contributed by atoms with Crippen LogP contribution >= 0.6 is 11.6 Å². The first-order valence-electron chi connectivity index (χ1n) is 7.39. The fourth-order valence-electron chi connectivity index (χ4n) is 2.63. The Morgan fingerprint density at radius 1 is 1.19 bits per heavy atom. The van der Waals surface area contributed by atoms with E-state index in [0.717, 1.165) is 50.5 Å². The quantitative estimate of drug-likeness (QED) is 0.869. The Balaban J connectivity index is 1.63. The number of piperazine rings is 1. The first kappa shape index (κ1) is 14.6. The van der Waals surface area contributed by atoms with Crippen molar-refractivity contribution >= 4 is 11.6 Å². The molecule has 2 heterocycles. The third kappa shape index (κ3) is 3.64. The number of hydrogen-bond acceptors (Lipinski definition) is 4. The maximum absolute atomic E-state index is 6.00. The molecule has 0 bridgehead atoms. The molecule has 0 N–H and O–H groups in total. The number of halogens is 1. The smallest absolute Gasteiger partial charge is 0.226 e. The van der Waals surface area contributed by atoms with Crippen LogP contribution in [0.4, 0.5) is 0 Å². The number of likely N-dealkylation sites (N-methyl/N-ethyl adjacent to an activating group) is 1. The summed E-state index contributed by atoms with van der Waals surface area (Å²) in [4.78, 5) is 9.47. The highest BCUT2D eigenvalue weighted by Crippen LogP contribution is 2.22. The van der Waals surface area contributed by atoms with Crippen molar-refractivity contribution in [1.29, 1.82) is 0 Å². The molecule has 21 heavy (non-hydrogen) atoms. The predicted molar refractivity (Wildman–Crippen MR) is 84.3 cm³/mol. The summed E-state index contributed by atoms with van der Waals surface area (Å²) in [5.41, 5.74) is 1.90. The lowest BCUT2D eigenvalue weighted by Crippen LogP contribution is -2.45. The molecule has 4 nitrogen and oxygen atoms in total. The van der Waals surface area contributed by atoms with Crippen molar-refractivity contribution in [2.75, 3.05) is 32.7 Å². The van der Waals surface area contributed by atoms with Gasteiger partial charge in [-0.1, -0.05) is 24.6 Å². The predicted octanol–water partition coefficient (Wildman–Crippen LogP) is 3.13. The van der Waals surface area contributed by atoms with E-state index < -0.39 is 0 Å². The van der Waals surface area contributed by atoms with Crippen LogP contribution in [0.3, 0.4) is 0 Å². The molecule has 1 aliphatic heterocycles. The fraction of sp³-hybridized carbons (Fsp3) is 0.438. The molecule has 0 aliphatic carbocycles. The van der Waals surface area contributed by atoms with Crippen LogP contribution in [0.1, 0.15) is 12.6 Å². The molecule has 0 amide bonds. The Morgan fingerprint density at radius 3 is 2.67 bits per heavy atom. The van der Waals surface area contributed by atoms with E-state index in [0.29, 0.717) is 10.9 Å². The Hall–Kier alpha value is -1.36. The van der Waals surface area contributed by atoms with Crippen molar-refractivity contribution in [2.24, 2.45) is 0 Å². The number of benzene rings is 1. The van der Waals surface area contributed by atoms with E-state index in [9.17, 15) is 0 Å². The molecule has 0 spiro atoms. The molecule has 3 rings (SSSR count). The van der Waals surface area contributed by atoms with Crippen molar-refractivity contribution < 1.29 is 4.42 Å². The van der Waals surface area contributed by atoms with E-state index in [1.165, 1.54) is 0 Å². The largest absolute Gasteiger partial charge is 0.444 e. The van der Waals surface area contributed by atoms with Gasteiger partial charge in [0, 0.05) is 43.3 Å². The summed E-state index contributed by atoms with van der Waals surface area (Å²) in [6.07, 6.45) is 1.75. The summed E-state index contributed by atoms with van der Waals surface area (Å²) in [5, 5.41) is 0.697. The topological polar surface area (TPSA) is 32.5 Å². The van der Waals surface area contributed by atoms with Crippen LogP contribution < -0.4 is 0 Å². The maximum atomic E-state index is 6.00. The standard InChI is InChI=1S/C16H20ClN3O/c1-2-19-6-8-20(9-7-19)11-15-12-21-16(18-15)13-4-3-5-14(17)10-13/h3-5,10,12H,2,6-9,11H2,1H3. The van der Waals surface area contributed by atoms with Gasteiger partial charge in [-0.25, -0.2) is 4.98 Å². The molecule has 0 atom stereocenters. The molecule has 2 aromatic rings. The third-order valence-corrected chi connectivity index (χ3v) is 4.16. The Bertz CT molecular complexity index is 591. The molecule has 1 fully saturated rings. The lowest BCUT2D eigenvalue weighted by atomic mass is 10.2. The summed E-state index contributed by atoms with van der Waals surface area (Å²) < 4.78 is 5.58. The van der Waals surface area contributed by atoms with Gasteiger partial charge < -0.3 is 9.32 Å². The van der Waals surface area contributed by atoms with Crippen LogP contribution in [0.2, 0.25) is 5.02 Å². The zero-order valence-electron chi connectivity index (χ0n) is 12.3. The highest BCUT2D eigenvalue weighted by molar-refractivity contribution is 6.30. The molecule has 1 saturated heterocycles. The van der Waals surface area contributed by atoms with Crippen molar-refractivity contribution in [3.05, 3.63) is 41.2 Å². The molecule has 1 aromatic carbocycles. The van der Waals surface area contributed by atoms with E-state index in [4.69, 9.17) is 16.0 Å². The Morgan fingerprint density at radius 2 is 1.95 bits per heavy atom. The zero-order valence-corrected chi connectivity index (χ0v) is 13.0. The van der Waals surface area contributed by atoms with Gasteiger partial charge in [-0.05, 0) is 24.7 Å². The van der Waals surface area contributed by atoms with Crippen LogP contribution in [0.5, 0.6) is 0 Å². The van der Waals surface area contributed by atoms with Gasteiger partial charge in [0.15, 0.2) is 0 Å². The normalized spacial score (nSPS) is 17.2. The number of nitrogens with zero attached hydrogens (tertiary/aromatic N) is 3. The van der Waals surface area contributed by atoms with E-state index in [-0.39, 0.29) is 0 Å². The van der Waals surface area contributed by atoms with Crippen molar-refractivity contribution in [3.8, 4) is 11.5 Å². The summed E-state index contributed by atoms with van der Waals surface area (Å²) in [7, 11) is 0. The van der Waals surface area contributed by atoms with E-state index >= 15 is 0 Å². The van der Waals surface area contributed by atoms with Gasteiger partial charge in [0.1, 0.15) is 6.26 Å². The molecule has 0 unspecified atom stereocenters. The minimum Gasteiger partial charge on any atom is -0.444 e. The SMILES string of the molecule is CCN1CCN(Cc2coc(-c3cccc(Cl)c3)n2)CC1. The summed E-state index contributed by atoms with van der Waals surface area (Å²) in [6, 6.07) is 7.59. The summed E-state index contributed by atoms with van der Waals surface area (Å²) >= 11 is 6.00. The van der Waals surface area contributed by atoms with Gasteiger partial charge in [-0.3, -0.25) is 4.90 Å². The molecule has 112 valence electrons. The number of aromatic nitrogens is 1. The van der Waals surface area contributed by atoms with Gasteiger partial charge in [0.05, 0.1) is 5.69 Å². The lowest BCUT2D eigenvalue weighted by Gasteiger charge is -2.33. The minimum absolute atomic E-state index is 0.639. The number of rotatable bonds is 4. The Labute approximate surface area is 130 Å². The molecular weight excluding hydrogens is 286 g/mol. The average Bonchev–Trinajstić information content (AvgIpc) is 2.97. The van der Waals surface area contributed by atoms with Gasteiger partial charge in [0.25, 0.3) is 0 Å². The van der Waals surface area contributed by atoms with Crippen molar-refractivity contribution in [2.45, 2.75) is 13.5 Å². The second-order valence-electron chi connectivity index (χ2n) is 5.36. The minimum atomic E-state index is 0.639. The first-order chi connectivity index (χ1) is 10.2. The summed E-state index contributed by atoms with van der Waals surface area (Å²) in [5.74, 6) is 0.639. The van der Waals surface area contributed by atoms with Crippen LogP contribution in [0, 0.1) is 0 Å². The van der Waals surface area contributed by atoms with Crippen molar-refractivity contribution in [1.82, 2.24) is 14.8 Å². The monoisotopic (exact) mass is 305 g/mol. The van der Waals surface area contributed by atoms with Gasteiger partial charge >= 0.3 is 0 Å². The van der Waals surface area contributed by atoms with Crippen molar-refractivity contribution in [3.63, 3.8) is 0 Å². The van der Waals surface area contributed by atoms with E-state index in [1.807, 2.05) is 24.3 Å². The molecule has 5 heteroatoms. The third-order valence-electron chi connectivity index (χ3n) is 3.92. The van der Waals surface area contributed by atoms with E-state index in [2.05, 4.69) is 21.7 Å². The zero-order chi connectivity index (χ0) is 14.7. The Kier molecular flexibility index (Phi) is 4.58. The number of hydrogen-bond donors (Lipinski definition) is 0. The second-order valence-corrected chi connectivity index (χ2v) is 5.80. The van der Waals surface area contributed by atoms with Crippen LogP contribution in [-0.4, -0.2) is 47.5 Å².